The first-order chi connectivity index (χ1) is 15.3. The first kappa shape index (κ1) is 22.2. The Morgan fingerprint density at radius 3 is 2.77 bits per heavy atom. The fourth-order valence-corrected chi connectivity index (χ4v) is 4.66. The van der Waals surface area contributed by atoms with Crippen LogP contribution in [0.25, 0.3) is 0 Å². The summed E-state index contributed by atoms with van der Waals surface area (Å²) in [6, 6.07) is 12.8. The Labute approximate surface area is 188 Å². The number of piperidine rings is 1. The van der Waals surface area contributed by atoms with Crippen LogP contribution in [0.15, 0.2) is 48.8 Å². The molecular weight excluding hydrogens is 385 g/mol. The van der Waals surface area contributed by atoms with Crippen molar-refractivity contribution in [1.82, 2.24) is 9.79 Å². The van der Waals surface area contributed by atoms with Gasteiger partial charge in [-0.25, -0.2) is 0 Å². The monoisotopic (exact) mass is 419 g/mol. The number of nitrogens with zero attached hydrogens (tertiary/aromatic N) is 3. The molecule has 164 valence electrons. The van der Waals surface area contributed by atoms with Crippen LogP contribution in [0.1, 0.15) is 44.1 Å². The summed E-state index contributed by atoms with van der Waals surface area (Å²) in [5.41, 5.74) is 2.41. The Morgan fingerprint density at radius 2 is 1.94 bits per heavy atom. The van der Waals surface area contributed by atoms with E-state index in [2.05, 4.69) is 40.2 Å². The molecule has 0 spiro atoms. The molecule has 0 unspecified atom stereocenters. The number of rotatable bonds is 10. The summed E-state index contributed by atoms with van der Waals surface area (Å²) in [5.74, 6) is 1.55. The van der Waals surface area contributed by atoms with Crippen molar-refractivity contribution in [1.29, 1.82) is 0 Å². The van der Waals surface area contributed by atoms with Crippen LogP contribution in [0.3, 0.4) is 0 Å². The Bertz CT molecular complexity index is 791. The van der Waals surface area contributed by atoms with Gasteiger partial charge >= 0.3 is 0 Å². The molecule has 2 aromatic rings. The molecule has 6 heteroatoms. The van der Waals surface area contributed by atoms with Gasteiger partial charge < -0.3 is 19.2 Å². The van der Waals surface area contributed by atoms with Gasteiger partial charge in [0.05, 0.1) is 24.7 Å². The third kappa shape index (κ3) is 6.72. The van der Waals surface area contributed by atoms with Crippen LogP contribution in [-0.2, 0) is 11.3 Å². The second-order valence-electron chi connectivity index (χ2n) is 8.86. The second-order valence-corrected chi connectivity index (χ2v) is 8.86. The molecule has 2 aliphatic heterocycles. The number of hydrogen-bond acceptors (Lipinski definition) is 5. The highest BCUT2D eigenvalue weighted by Crippen LogP contribution is 2.28. The van der Waals surface area contributed by atoms with Gasteiger partial charge in [0.2, 0.25) is 0 Å². The minimum Gasteiger partial charge on any atom is -0.490 e. The van der Waals surface area contributed by atoms with Gasteiger partial charge in [-0.2, -0.15) is 0 Å². The summed E-state index contributed by atoms with van der Waals surface area (Å²) < 4.78 is 11.9. The summed E-state index contributed by atoms with van der Waals surface area (Å²) in [4.78, 5) is 8.79. The third-order valence-corrected chi connectivity index (χ3v) is 6.46. The van der Waals surface area contributed by atoms with Gasteiger partial charge in [0, 0.05) is 31.8 Å². The molecule has 2 atom stereocenters. The molecule has 2 fully saturated rings. The van der Waals surface area contributed by atoms with Gasteiger partial charge in [-0.15, -0.1) is 0 Å². The molecule has 2 aliphatic rings. The Morgan fingerprint density at radius 1 is 1.06 bits per heavy atom. The van der Waals surface area contributed by atoms with E-state index >= 15 is 0 Å². The van der Waals surface area contributed by atoms with Gasteiger partial charge in [-0.3, -0.25) is 4.98 Å². The molecule has 0 amide bonds. The average molecular weight is 419 g/mol. The molecule has 0 aliphatic carbocycles. The van der Waals surface area contributed by atoms with Crippen molar-refractivity contribution in [3.05, 3.63) is 54.4 Å². The zero-order chi connectivity index (χ0) is 21.3. The van der Waals surface area contributed by atoms with Gasteiger partial charge in [0.15, 0.2) is 7.98 Å². The molecule has 1 aromatic heterocycles. The summed E-state index contributed by atoms with van der Waals surface area (Å²) in [7, 11) is 6.01. The largest absolute Gasteiger partial charge is 0.490 e. The molecule has 2 saturated heterocycles. The first-order valence-electron chi connectivity index (χ1n) is 11.7. The van der Waals surface area contributed by atoms with Crippen LogP contribution in [-0.4, -0.2) is 56.7 Å². The Kier molecular flexibility index (Phi) is 8.25. The van der Waals surface area contributed by atoms with E-state index < -0.39 is 0 Å². The van der Waals surface area contributed by atoms with Crippen LogP contribution in [0.5, 0.6) is 5.75 Å². The van der Waals surface area contributed by atoms with Crippen LogP contribution in [0, 0.1) is 5.92 Å². The lowest BCUT2D eigenvalue weighted by molar-refractivity contribution is 0.113. The van der Waals surface area contributed by atoms with E-state index in [4.69, 9.17) is 17.5 Å². The van der Waals surface area contributed by atoms with E-state index in [0.717, 1.165) is 51.3 Å². The van der Waals surface area contributed by atoms with Crippen LogP contribution in [0.4, 0.5) is 5.69 Å². The number of pyridine rings is 1. The van der Waals surface area contributed by atoms with E-state index in [1.807, 2.05) is 23.3 Å². The van der Waals surface area contributed by atoms with E-state index in [0.29, 0.717) is 25.2 Å². The molecule has 5 nitrogen and oxygen atoms in total. The SMILES string of the molecule is [B]N1CCC[C@H]1COc1cncc(N2CCC[C@@H](CCCOCc3ccccc3)C2)c1. The molecule has 4 rings (SSSR count). The Hall–Kier alpha value is -2.05. The third-order valence-electron chi connectivity index (χ3n) is 6.46. The molecule has 1 aromatic carbocycles. The van der Waals surface area contributed by atoms with Gasteiger partial charge in [-0.05, 0) is 56.6 Å². The number of hydrogen-bond donors (Lipinski definition) is 0. The van der Waals surface area contributed by atoms with Gasteiger partial charge in [0.25, 0.3) is 0 Å². The maximum atomic E-state index is 6.02. The smallest absolute Gasteiger partial charge is 0.183 e. The highest BCUT2D eigenvalue weighted by molar-refractivity contribution is 6.04. The minimum absolute atomic E-state index is 0.312. The van der Waals surface area contributed by atoms with E-state index in [1.54, 1.807) is 0 Å². The maximum Gasteiger partial charge on any atom is 0.183 e. The van der Waals surface area contributed by atoms with E-state index in [-0.39, 0.29) is 0 Å². The lowest BCUT2D eigenvalue weighted by atomic mass is 9.93. The first-order valence-corrected chi connectivity index (χ1v) is 11.7. The zero-order valence-corrected chi connectivity index (χ0v) is 18.5. The van der Waals surface area contributed by atoms with E-state index in [1.165, 1.54) is 30.5 Å². The van der Waals surface area contributed by atoms with Crippen LogP contribution >= 0.6 is 0 Å². The molecule has 2 radical (unpaired) electrons. The fourth-order valence-electron chi connectivity index (χ4n) is 4.66. The summed E-state index contributed by atoms with van der Waals surface area (Å²) >= 11 is 0. The van der Waals surface area contributed by atoms with Crippen molar-refractivity contribution < 1.29 is 9.47 Å². The summed E-state index contributed by atoms with van der Waals surface area (Å²) in [6.07, 6.45) is 10.9. The van der Waals surface area contributed by atoms with E-state index in [9.17, 15) is 0 Å². The predicted molar refractivity (Wildman–Crippen MR) is 125 cm³/mol. The molecule has 3 heterocycles. The fraction of sp³-hybridized carbons (Fsp3) is 0.560. The van der Waals surface area contributed by atoms with Crippen molar-refractivity contribution in [2.75, 3.05) is 37.7 Å². The summed E-state index contributed by atoms with van der Waals surface area (Å²) in [5, 5.41) is 0. The van der Waals surface area contributed by atoms with Gasteiger partial charge in [0.1, 0.15) is 12.4 Å². The zero-order valence-electron chi connectivity index (χ0n) is 18.5. The van der Waals surface area contributed by atoms with Crippen molar-refractivity contribution in [2.45, 2.75) is 51.2 Å². The predicted octanol–water partition coefficient (Wildman–Crippen LogP) is 4.22. The quantitative estimate of drug-likeness (QED) is 0.426. The number of aromatic nitrogens is 1. The molecule has 0 saturated carbocycles. The number of benzene rings is 1. The number of ether oxygens (including phenoxy) is 2. The minimum atomic E-state index is 0.312. The van der Waals surface area contributed by atoms with Gasteiger partial charge in [-0.1, -0.05) is 30.3 Å². The van der Waals surface area contributed by atoms with Crippen LogP contribution in [0.2, 0.25) is 0 Å². The Balaban J connectivity index is 1.20. The van der Waals surface area contributed by atoms with Crippen molar-refractivity contribution in [3.8, 4) is 5.75 Å². The lowest BCUT2D eigenvalue weighted by Crippen LogP contribution is -2.35. The molecule has 0 N–H and O–H groups in total. The highest BCUT2D eigenvalue weighted by atomic mass is 16.5. The van der Waals surface area contributed by atoms with Crippen molar-refractivity contribution in [3.63, 3.8) is 0 Å². The van der Waals surface area contributed by atoms with Crippen molar-refractivity contribution >= 4 is 13.7 Å². The highest BCUT2D eigenvalue weighted by Gasteiger charge is 2.22. The van der Waals surface area contributed by atoms with Crippen molar-refractivity contribution in [2.24, 2.45) is 5.92 Å². The second kappa shape index (κ2) is 11.5. The molecule has 0 bridgehead atoms. The molecule has 31 heavy (non-hydrogen) atoms. The lowest BCUT2D eigenvalue weighted by Gasteiger charge is -2.34. The number of anilines is 1. The average Bonchev–Trinajstić information content (AvgIpc) is 3.23. The molecular formula is C25H34BN3O2. The standard InChI is InChI=1S/C25H34BN3O2/c26-29-13-5-11-23(29)20-31-25-15-24(16-27-17-25)28-12-4-9-21(18-28)10-6-14-30-19-22-7-2-1-3-8-22/h1-3,7-8,15-17,21,23H,4-6,9-14,18-20H2/t21-,23-/m0/s1. The van der Waals surface area contributed by atoms with Crippen LogP contribution < -0.4 is 9.64 Å². The normalized spacial score (nSPS) is 22.0. The topological polar surface area (TPSA) is 37.8 Å². The summed E-state index contributed by atoms with van der Waals surface area (Å²) in [6.45, 7) is 5.30. The maximum absolute atomic E-state index is 6.02.